The molecule has 0 aliphatic carbocycles. The molecule has 0 bridgehead atoms. The molecule has 0 saturated heterocycles. The average molecular weight is 186 g/mol. The highest BCUT2D eigenvalue weighted by Gasteiger charge is 2.03. The lowest BCUT2D eigenvalue weighted by molar-refractivity contribution is -0.136. The number of rotatable bonds is 4. The van der Waals surface area contributed by atoms with Gasteiger partial charge in [0.25, 0.3) is 0 Å². The normalized spacial score (nSPS) is 10.1. The van der Waals surface area contributed by atoms with Crippen LogP contribution < -0.4 is 5.73 Å². The fraction of sp³-hybridized carbons (Fsp3) is 0.429. The van der Waals surface area contributed by atoms with E-state index in [-0.39, 0.29) is 6.42 Å². The third-order valence-corrected chi connectivity index (χ3v) is 2.32. The van der Waals surface area contributed by atoms with Crippen molar-refractivity contribution in [2.75, 3.05) is 0 Å². The average Bonchev–Trinajstić information content (AvgIpc) is 2.48. The molecule has 0 fully saturated rings. The first-order valence-corrected chi connectivity index (χ1v) is 4.45. The smallest absolute Gasteiger partial charge is 0.303 e. The zero-order valence-electron chi connectivity index (χ0n) is 6.49. The molecule has 3 N–H and O–H groups in total. The zero-order chi connectivity index (χ0) is 8.97. The summed E-state index contributed by atoms with van der Waals surface area (Å²) < 4.78 is 0. The molecule has 0 aliphatic heterocycles. The molecule has 12 heavy (non-hydrogen) atoms. The van der Waals surface area contributed by atoms with Gasteiger partial charge in [-0.15, -0.1) is 11.3 Å². The second kappa shape index (κ2) is 4.18. The van der Waals surface area contributed by atoms with Crippen LogP contribution in [0.2, 0.25) is 0 Å². The van der Waals surface area contributed by atoms with Crippen LogP contribution in [0.3, 0.4) is 0 Å². The Hall–Kier alpha value is -0.940. The third-order valence-electron chi connectivity index (χ3n) is 1.36. The number of nitrogens with two attached hydrogens (primary N) is 1. The number of carboxylic acid groups (broad SMARTS) is 1. The topological polar surface area (TPSA) is 76.2 Å². The molecule has 0 unspecified atom stereocenters. The highest BCUT2D eigenvalue weighted by atomic mass is 32.1. The van der Waals surface area contributed by atoms with Gasteiger partial charge in [-0.05, 0) is 0 Å². The molecule has 1 aromatic heterocycles. The van der Waals surface area contributed by atoms with Crippen molar-refractivity contribution in [3.05, 3.63) is 16.1 Å². The van der Waals surface area contributed by atoms with Crippen molar-refractivity contribution in [3.63, 3.8) is 0 Å². The minimum Gasteiger partial charge on any atom is -0.481 e. The van der Waals surface area contributed by atoms with Gasteiger partial charge in [0, 0.05) is 18.3 Å². The van der Waals surface area contributed by atoms with E-state index in [0.717, 1.165) is 10.7 Å². The molecule has 1 heterocycles. The Balaban J connectivity index is 2.47. The molecule has 5 heteroatoms. The number of carbonyl (C=O) groups is 1. The van der Waals surface area contributed by atoms with E-state index in [1.54, 1.807) is 0 Å². The minimum absolute atomic E-state index is 0.136. The first-order chi connectivity index (χ1) is 5.72. The van der Waals surface area contributed by atoms with Gasteiger partial charge in [-0.25, -0.2) is 4.98 Å². The molecular formula is C7H10N2O2S. The van der Waals surface area contributed by atoms with Crippen LogP contribution in [0.5, 0.6) is 0 Å². The monoisotopic (exact) mass is 186 g/mol. The van der Waals surface area contributed by atoms with Gasteiger partial charge in [0.05, 0.1) is 17.1 Å². The van der Waals surface area contributed by atoms with Crippen molar-refractivity contribution in [1.82, 2.24) is 4.98 Å². The van der Waals surface area contributed by atoms with Crippen molar-refractivity contribution in [1.29, 1.82) is 0 Å². The van der Waals surface area contributed by atoms with Crippen LogP contribution in [0.4, 0.5) is 0 Å². The van der Waals surface area contributed by atoms with Crippen LogP contribution in [-0.2, 0) is 17.8 Å². The van der Waals surface area contributed by atoms with Gasteiger partial charge in [-0.3, -0.25) is 4.79 Å². The predicted octanol–water partition coefficient (Wildman–Crippen LogP) is 0.619. The molecule has 66 valence electrons. The second-order valence-electron chi connectivity index (χ2n) is 2.33. The SMILES string of the molecule is NCc1csc(CCC(=O)O)n1. The van der Waals surface area contributed by atoms with E-state index in [1.807, 2.05) is 5.38 Å². The lowest BCUT2D eigenvalue weighted by Gasteiger charge is -1.89. The number of hydrogen-bond acceptors (Lipinski definition) is 4. The van der Waals surface area contributed by atoms with Crippen LogP contribution in [-0.4, -0.2) is 16.1 Å². The van der Waals surface area contributed by atoms with Crippen LogP contribution in [0.25, 0.3) is 0 Å². The highest BCUT2D eigenvalue weighted by molar-refractivity contribution is 7.09. The van der Waals surface area contributed by atoms with E-state index in [0.29, 0.717) is 13.0 Å². The van der Waals surface area contributed by atoms with E-state index in [4.69, 9.17) is 10.8 Å². The quantitative estimate of drug-likeness (QED) is 0.722. The summed E-state index contributed by atoms with van der Waals surface area (Å²) in [5.41, 5.74) is 6.18. The summed E-state index contributed by atoms with van der Waals surface area (Å²) >= 11 is 1.46. The van der Waals surface area contributed by atoms with Crippen LogP contribution in [0.1, 0.15) is 17.1 Å². The zero-order valence-corrected chi connectivity index (χ0v) is 7.30. The van der Waals surface area contributed by atoms with Gasteiger partial charge in [0.15, 0.2) is 0 Å². The number of aromatic nitrogens is 1. The Labute approximate surface area is 74.0 Å². The van der Waals surface area contributed by atoms with Crippen molar-refractivity contribution in [2.45, 2.75) is 19.4 Å². The molecule has 0 atom stereocenters. The molecule has 0 amide bonds. The molecule has 0 saturated carbocycles. The van der Waals surface area contributed by atoms with Gasteiger partial charge in [-0.2, -0.15) is 0 Å². The highest BCUT2D eigenvalue weighted by Crippen LogP contribution is 2.10. The number of thiazole rings is 1. The van der Waals surface area contributed by atoms with Gasteiger partial charge in [0.2, 0.25) is 0 Å². The Morgan fingerprint density at radius 1 is 1.75 bits per heavy atom. The van der Waals surface area contributed by atoms with Gasteiger partial charge in [0.1, 0.15) is 0 Å². The summed E-state index contributed by atoms with van der Waals surface area (Å²) in [5, 5.41) is 11.1. The summed E-state index contributed by atoms with van der Waals surface area (Å²) in [6.07, 6.45) is 0.636. The van der Waals surface area contributed by atoms with E-state index in [9.17, 15) is 4.79 Å². The molecule has 4 nitrogen and oxygen atoms in total. The number of aliphatic carboxylic acids is 1. The number of nitrogens with zero attached hydrogens (tertiary/aromatic N) is 1. The minimum atomic E-state index is -0.792. The van der Waals surface area contributed by atoms with Gasteiger partial charge in [-0.1, -0.05) is 0 Å². The summed E-state index contributed by atoms with van der Waals surface area (Å²) in [7, 11) is 0. The maximum atomic E-state index is 10.2. The number of carboxylic acids is 1. The molecule has 0 aromatic carbocycles. The van der Waals surface area contributed by atoms with Gasteiger partial charge >= 0.3 is 5.97 Å². The van der Waals surface area contributed by atoms with Crippen molar-refractivity contribution < 1.29 is 9.90 Å². The lowest BCUT2D eigenvalue weighted by Crippen LogP contribution is -1.99. The maximum Gasteiger partial charge on any atom is 0.303 e. The first kappa shape index (κ1) is 9.15. The fourth-order valence-corrected chi connectivity index (χ4v) is 1.58. The first-order valence-electron chi connectivity index (χ1n) is 3.57. The number of aryl methyl sites for hydroxylation is 1. The van der Waals surface area contributed by atoms with Crippen LogP contribution in [0, 0.1) is 0 Å². The van der Waals surface area contributed by atoms with Crippen LogP contribution in [0.15, 0.2) is 5.38 Å². The standard InChI is InChI=1S/C7H10N2O2S/c8-3-5-4-12-6(9-5)1-2-7(10)11/h4H,1-3,8H2,(H,10,11). The Morgan fingerprint density at radius 2 is 2.50 bits per heavy atom. The maximum absolute atomic E-state index is 10.2. The summed E-state index contributed by atoms with van der Waals surface area (Å²) in [4.78, 5) is 14.3. The molecule has 1 rings (SSSR count). The summed E-state index contributed by atoms with van der Waals surface area (Å²) in [5.74, 6) is -0.792. The molecule has 0 radical (unpaired) electrons. The summed E-state index contributed by atoms with van der Waals surface area (Å²) in [6.45, 7) is 0.420. The predicted molar refractivity (Wildman–Crippen MR) is 46.0 cm³/mol. The molecular weight excluding hydrogens is 176 g/mol. The van der Waals surface area contributed by atoms with Crippen molar-refractivity contribution in [2.24, 2.45) is 5.73 Å². The van der Waals surface area contributed by atoms with E-state index in [2.05, 4.69) is 4.98 Å². The molecule has 1 aromatic rings. The number of hydrogen-bond donors (Lipinski definition) is 2. The van der Waals surface area contributed by atoms with E-state index in [1.165, 1.54) is 11.3 Å². The van der Waals surface area contributed by atoms with E-state index < -0.39 is 5.97 Å². The van der Waals surface area contributed by atoms with Crippen molar-refractivity contribution >= 4 is 17.3 Å². The third kappa shape index (κ3) is 2.60. The van der Waals surface area contributed by atoms with Crippen LogP contribution >= 0.6 is 11.3 Å². The Morgan fingerprint density at radius 3 is 3.00 bits per heavy atom. The Kier molecular flexibility index (Phi) is 3.19. The van der Waals surface area contributed by atoms with E-state index >= 15 is 0 Å². The lowest BCUT2D eigenvalue weighted by atomic mass is 10.3. The second-order valence-corrected chi connectivity index (χ2v) is 3.27. The molecule has 0 spiro atoms. The van der Waals surface area contributed by atoms with Gasteiger partial charge < -0.3 is 10.8 Å². The summed E-state index contributed by atoms with van der Waals surface area (Å²) in [6, 6.07) is 0. The largest absolute Gasteiger partial charge is 0.481 e. The molecule has 0 aliphatic rings. The Bertz CT molecular complexity index is 272. The van der Waals surface area contributed by atoms with Crippen molar-refractivity contribution in [3.8, 4) is 0 Å². The fourth-order valence-electron chi connectivity index (χ4n) is 0.771.